The smallest absolute Gasteiger partial charge is 0.242 e. The maximum absolute atomic E-state index is 13.0. The van der Waals surface area contributed by atoms with E-state index in [0.29, 0.717) is 43.4 Å². The van der Waals surface area contributed by atoms with Gasteiger partial charge in [-0.15, -0.1) is 11.3 Å². The van der Waals surface area contributed by atoms with Gasteiger partial charge in [-0.3, -0.25) is 19.4 Å². The van der Waals surface area contributed by atoms with Crippen LogP contribution in [-0.4, -0.2) is 91.6 Å². The zero-order valence-corrected chi connectivity index (χ0v) is 19.7. The van der Waals surface area contributed by atoms with Crippen LogP contribution in [0.4, 0.5) is 5.00 Å². The minimum atomic E-state index is -0.277. The number of ether oxygens (including phenoxy) is 1. The molecule has 0 aromatic carbocycles. The van der Waals surface area contributed by atoms with Crippen molar-refractivity contribution in [1.29, 1.82) is 5.26 Å². The molecule has 2 amide bonds. The maximum Gasteiger partial charge on any atom is 0.242 e. The molecule has 174 valence electrons. The minimum Gasteiger partial charge on any atom is -0.378 e. The van der Waals surface area contributed by atoms with Gasteiger partial charge in [0.1, 0.15) is 11.1 Å². The molecule has 1 unspecified atom stereocenters. The summed E-state index contributed by atoms with van der Waals surface area (Å²) in [7, 11) is 0. The highest BCUT2D eigenvalue weighted by Gasteiger charge is 2.29. The van der Waals surface area contributed by atoms with E-state index in [0.717, 1.165) is 57.4 Å². The van der Waals surface area contributed by atoms with Gasteiger partial charge < -0.3 is 15.0 Å². The van der Waals surface area contributed by atoms with Crippen molar-refractivity contribution in [2.45, 2.75) is 45.1 Å². The van der Waals surface area contributed by atoms with Crippen LogP contribution in [0.3, 0.4) is 0 Å². The number of rotatable bonds is 5. The summed E-state index contributed by atoms with van der Waals surface area (Å²) in [5.74, 6) is 0.102. The molecular formula is C23H33N5O3S. The van der Waals surface area contributed by atoms with Gasteiger partial charge in [0.15, 0.2) is 0 Å². The summed E-state index contributed by atoms with van der Waals surface area (Å²) in [4.78, 5) is 32.9. The van der Waals surface area contributed by atoms with Crippen molar-refractivity contribution in [3.05, 3.63) is 16.0 Å². The molecule has 8 nitrogen and oxygen atoms in total. The number of amides is 2. The quantitative estimate of drug-likeness (QED) is 0.674. The van der Waals surface area contributed by atoms with E-state index < -0.39 is 0 Å². The SMILES string of the molecule is CC(C(=O)Nc1sc2c(c1C#N)CCCCC2)N1CCN(CC(=O)N2CCOCC2)CC1. The van der Waals surface area contributed by atoms with Crippen LogP contribution in [0.15, 0.2) is 0 Å². The first-order chi connectivity index (χ1) is 15.6. The number of carbonyl (C=O) groups excluding carboxylic acids is 2. The summed E-state index contributed by atoms with van der Waals surface area (Å²) in [6.45, 7) is 7.97. The van der Waals surface area contributed by atoms with Crippen molar-refractivity contribution in [2.24, 2.45) is 0 Å². The van der Waals surface area contributed by atoms with Crippen LogP contribution in [-0.2, 0) is 27.2 Å². The predicted molar refractivity (Wildman–Crippen MR) is 124 cm³/mol. The third-order valence-electron chi connectivity index (χ3n) is 6.83. The Hall–Kier alpha value is -1.99. The van der Waals surface area contributed by atoms with Crippen LogP contribution in [0.25, 0.3) is 0 Å². The minimum absolute atomic E-state index is 0.0595. The van der Waals surface area contributed by atoms with E-state index in [9.17, 15) is 14.9 Å². The highest BCUT2D eigenvalue weighted by molar-refractivity contribution is 7.16. The first kappa shape index (κ1) is 23.2. The number of fused-ring (bicyclic) bond motifs is 1. The fourth-order valence-electron chi connectivity index (χ4n) is 4.74. The fourth-order valence-corrected chi connectivity index (χ4v) is 5.99. The summed E-state index contributed by atoms with van der Waals surface area (Å²) in [6.07, 6.45) is 5.41. The Kier molecular flexibility index (Phi) is 7.79. The van der Waals surface area contributed by atoms with E-state index in [1.54, 1.807) is 11.3 Å². The van der Waals surface area contributed by atoms with Gasteiger partial charge in [0.25, 0.3) is 0 Å². The van der Waals surface area contributed by atoms with Crippen molar-refractivity contribution in [2.75, 3.05) is 64.3 Å². The third-order valence-corrected chi connectivity index (χ3v) is 8.03. The second-order valence-corrected chi connectivity index (χ2v) is 9.96. The molecule has 9 heteroatoms. The molecule has 3 aliphatic rings. The molecule has 1 atom stereocenters. The van der Waals surface area contributed by atoms with Gasteiger partial charge in [0.05, 0.1) is 31.4 Å². The topological polar surface area (TPSA) is 88.9 Å². The zero-order valence-electron chi connectivity index (χ0n) is 18.9. The predicted octanol–water partition coefficient (Wildman–Crippen LogP) is 1.69. The number of piperazine rings is 1. The molecule has 2 aliphatic heterocycles. The van der Waals surface area contributed by atoms with E-state index in [2.05, 4.69) is 21.2 Å². The van der Waals surface area contributed by atoms with Crippen LogP contribution in [0.2, 0.25) is 0 Å². The zero-order chi connectivity index (χ0) is 22.5. The Morgan fingerprint density at radius 3 is 2.53 bits per heavy atom. The van der Waals surface area contributed by atoms with Gasteiger partial charge in [0.2, 0.25) is 11.8 Å². The van der Waals surface area contributed by atoms with Crippen molar-refractivity contribution in [3.8, 4) is 6.07 Å². The summed E-state index contributed by atoms with van der Waals surface area (Å²) in [6, 6.07) is 2.06. The van der Waals surface area contributed by atoms with Crippen molar-refractivity contribution >= 4 is 28.2 Å². The molecule has 2 fully saturated rings. The number of anilines is 1. The highest BCUT2D eigenvalue weighted by Crippen LogP contribution is 2.37. The second-order valence-electron chi connectivity index (χ2n) is 8.85. The number of carbonyl (C=O) groups is 2. The van der Waals surface area contributed by atoms with Gasteiger partial charge in [-0.2, -0.15) is 5.26 Å². The first-order valence-electron chi connectivity index (χ1n) is 11.7. The molecular weight excluding hydrogens is 426 g/mol. The Morgan fingerprint density at radius 1 is 1.09 bits per heavy atom. The van der Waals surface area contributed by atoms with Gasteiger partial charge in [-0.25, -0.2) is 0 Å². The molecule has 0 bridgehead atoms. The molecule has 0 saturated carbocycles. The number of nitrogens with zero attached hydrogens (tertiary/aromatic N) is 4. The average molecular weight is 460 g/mol. The normalized spacial score (nSPS) is 21.3. The lowest BCUT2D eigenvalue weighted by atomic mass is 10.1. The Bertz CT molecular complexity index is 866. The molecule has 0 spiro atoms. The molecule has 32 heavy (non-hydrogen) atoms. The number of morpholine rings is 1. The Morgan fingerprint density at radius 2 is 1.81 bits per heavy atom. The summed E-state index contributed by atoms with van der Waals surface area (Å²) in [5, 5.41) is 13.5. The van der Waals surface area contributed by atoms with Crippen LogP contribution >= 0.6 is 11.3 Å². The van der Waals surface area contributed by atoms with Gasteiger partial charge in [-0.05, 0) is 38.2 Å². The number of thiophene rings is 1. The molecule has 1 N–H and O–H groups in total. The van der Waals surface area contributed by atoms with E-state index in [1.165, 1.54) is 11.3 Å². The summed E-state index contributed by atoms with van der Waals surface area (Å²) in [5.41, 5.74) is 1.82. The third kappa shape index (κ3) is 5.31. The molecule has 1 aromatic heterocycles. The molecule has 2 saturated heterocycles. The number of aryl methyl sites for hydroxylation is 1. The fraction of sp³-hybridized carbons (Fsp3) is 0.696. The van der Waals surface area contributed by atoms with E-state index in [-0.39, 0.29) is 17.9 Å². The molecule has 3 heterocycles. The Balaban J connectivity index is 1.29. The summed E-state index contributed by atoms with van der Waals surface area (Å²) >= 11 is 1.58. The van der Waals surface area contributed by atoms with Crippen LogP contribution in [0.1, 0.15) is 42.2 Å². The lowest BCUT2D eigenvalue weighted by Gasteiger charge is -2.38. The first-order valence-corrected chi connectivity index (χ1v) is 12.6. The largest absolute Gasteiger partial charge is 0.378 e. The van der Waals surface area contributed by atoms with Crippen molar-refractivity contribution in [1.82, 2.24) is 14.7 Å². The number of nitriles is 1. The summed E-state index contributed by atoms with van der Waals surface area (Å²) < 4.78 is 5.32. The van der Waals surface area contributed by atoms with Gasteiger partial charge in [0, 0.05) is 44.1 Å². The second kappa shape index (κ2) is 10.8. The van der Waals surface area contributed by atoms with Crippen molar-refractivity contribution in [3.63, 3.8) is 0 Å². The number of hydrogen-bond donors (Lipinski definition) is 1. The van der Waals surface area contributed by atoms with Crippen LogP contribution < -0.4 is 5.32 Å². The molecule has 4 rings (SSSR count). The van der Waals surface area contributed by atoms with Gasteiger partial charge in [-0.1, -0.05) is 6.42 Å². The lowest BCUT2D eigenvalue weighted by molar-refractivity contribution is -0.137. The van der Waals surface area contributed by atoms with Crippen LogP contribution in [0.5, 0.6) is 0 Å². The van der Waals surface area contributed by atoms with E-state index >= 15 is 0 Å². The van der Waals surface area contributed by atoms with E-state index in [1.807, 2.05) is 11.8 Å². The number of hydrogen-bond acceptors (Lipinski definition) is 7. The number of nitrogens with one attached hydrogen (secondary N) is 1. The van der Waals surface area contributed by atoms with Crippen LogP contribution in [0, 0.1) is 11.3 Å². The van der Waals surface area contributed by atoms with Gasteiger partial charge >= 0.3 is 0 Å². The molecule has 1 aliphatic carbocycles. The monoisotopic (exact) mass is 459 g/mol. The molecule has 0 radical (unpaired) electrons. The molecule has 1 aromatic rings. The Labute approximate surface area is 194 Å². The highest BCUT2D eigenvalue weighted by atomic mass is 32.1. The lowest BCUT2D eigenvalue weighted by Crippen LogP contribution is -2.55. The average Bonchev–Trinajstić information content (AvgIpc) is 2.98. The maximum atomic E-state index is 13.0. The van der Waals surface area contributed by atoms with Crippen molar-refractivity contribution < 1.29 is 14.3 Å². The van der Waals surface area contributed by atoms with E-state index in [4.69, 9.17) is 4.74 Å². The standard InChI is InChI=1S/C23H33N5O3S/c1-17(22(30)25-23-19(15-24)18-5-3-2-4-6-20(18)32-23)27-9-7-26(8-10-27)16-21(29)28-11-13-31-14-12-28/h17H,2-14,16H2,1H3,(H,25,30).